The van der Waals surface area contributed by atoms with Crippen molar-refractivity contribution >= 4 is 11.8 Å². The fourth-order valence-electron chi connectivity index (χ4n) is 1.58. The highest BCUT2D eigenvalue weighted by molar-refractivity contribution is 6.05. The second-order valence-corrected chi connectivity index (χ2v) is 3.52. The van der Waals surface area contributed by atoms with Crippen molar-refractivity contribution in [2.24, 2.45) is 5.73 Å². The highest BCUT2D eigenvalue weighted by Gasteiger charge is 2.32. The van der Waals surface area contributed by atoms with Crippen LogP contribution < -0.4 is 5.73 Å². The molecule has 1 unspecified atom stereocenters. The molecule has 1 aliphatic rings. The van der Waals surface area contributed by atoms with Crippen LogP contribution in [-0.2, 0) is 4.79 Å². The molecule has 5 nitrogen and oxygen atoms in total. The molecule has 2 N–H and O–H groups in total. The molecule has 0 saturated carbocycles. The largest absolute Gasteiger partial charge is 0.326 e. The van der Waals surface area contributed by atoms with Gasteiger partial charge in [-0.25, -0.2) is 0 Å². The van der Waals surface area contributed by atoms with Gasteiger partial charge in [0, 0.05) is 31.4 Å². The van der Waals surface area contributed by atoms with E-state index in [2.05, 4.69) is 4.98 Å². The summed E-state index contributed by atoms with van der Waals surface area (Å²) in [4.78, 5) is 28.2. The van der Waals surface area contributed by atoms with E-state index in [-0.39, 0.29) is 24.3 Å². The fraction of sp³-hybridized carbons (Fsp3) is 0.300. The molecular formula is C10H11N3O2. The van der Waals surface area contributed by atoms with Crippen LogP contribution in [-0.4, -0.2) is 34.3 Å². The molecule has 2 heterocycles. The molecule has 1 fully saturated rings. The normalized spacial score (nSPS) is 20.7. The standard InChI is InChI=1S/C10H11N3O2/c11-8-4-9(14)13(6-8)10(15)7-2-1-3-12-5-7/h1-3,5,8H,4,6,11H2. The molecule has 0 bridgehead atoms. The van der Waals surface area contributed by atoms with Crippen molar-refractivity contribution in [3.63, 3.8) is 0 Å². The Bertz CT molecular complexity index is 391. The number of imide groups is 1. The molecule has 0 aromatic carbocycles. The summed E-state index contributed by atoms with van der Waals surface area (Å²) in [5.74, 6) is -0.530. The van der Waals surface area contributed by atoms with Crippen LogP contribution in [0.25, 0.3) is 0 Å². The maximum absolute atomic E-state index is 11.8. The predicted octanol–water partition coefficient (Wildman–Crippen LogP) is -0.219. The van der Waals surface area contributed by atoms with E-state index in [4.69, 9.17) is 5.73 Å². The Hall–Kier alpha value is -1.75. The van der Waals surface area contributed by atoms with Crippen molar-refractivity contribution in [1.82, 2.24) is 9.88 Å². The number of pyridine rings is 1. The van der Waals surface area contributed by atoms with E-state index in [1.165, 1.54) is 11.1 Å². The molecule has 15 heavy (non-hydrogen) atoms. The van der Waals surface area contributed by atoms with E-state index in [1.807, 2.05) is 0 Å². The number of hydrogen-bond donors (Lipinski definition) is 1. The van der Waals surface area contributed by atoms with Crippen LogP contribution in [0.15, 0.2) is 24.5 Å². The third kappa shape index (κ3) is 1.87. The molecule has 1 saturated heterocycles. The molecule has 1 aromatic heterocycles. The molecule has 78 valence electrons. The number of rotatable bonds is 1. The Balaban J connectivity index is 2.19. The molecule has 2 rings (SSSR count). The van der Waals surface area contributed by atoms with Crippen molar-refractivity contribution in [1.29, 1.82) is 0 Å². The number of carbonyl (C=O) groups is 2. The van der Waals surface area contributed by atoms with E-state index in [0.29, 0.717) is 12.1 Å². The van der Waals surface area contributed by atoms with Gasteiger partial charge in [0.05, 0.1) is 5.56 Å². The summed E-state index contributed by atoms with van der Waals surface area (Å²) < 4.78 is 0. The second kappa shape index (κ2) is 3.78. The lowest BCUT2D eigenvalue weighted by molar-refractivity contribution is -0.125. The lowest BCUT2D eigenvalue weighted by Crippen LogP contribution is -2.34. The van der Waals surface area contributed by atoms with Gasteiger partial charge in [-0.1, -0.05) is 0 Å². The first-order valence-electron chi connectivity index (χ1n) is 4.69. The van der Waals surface area contributed by atoms with Gasteiger partial charge >= 0.3 is 0 Å². The van der Waals surface area contributed by atoms with E-state index < -0.39 is 0 Å². The summed E-state index contributed by atoms with van der Waals surface area (Å²) in [6.45, 7) is 0.298. The summed E-state index contributed by atoms with van der Waals surface area (Å²) in [7, 11) is 0. The summed E-state index contributed by atoms with van der Waals surface area (Å²) in [6.07, 6.45) is 3.26. The van der Waals surface area contributed by atoms with Crippen LogP contribution in [0.2, 0.25) is 0 Å². The van der Waals surface area contributed by atoms with Gasteiger partial charge in [0.2, 0.25) is 5.91 Å². The van der Waals surface area contributed by atoms with Gasteiger partial charge in [0.15, 0.2) is 0 Å². The molecular weight excluding hydrogens is 194 g/mol. The van der Waals surface area contributed by atoms with E-state index in [9.17, 15) is 9.59 Å². The van der Waals surface area contributed by atoms with Crippen LogP contribution in [0.3, 0.4) is 0 Å². The van der Waals surface area contributed by atoms with Crippen LogP contribution in [0.4, 0.5) is 0 Å². The van der Waals surface area contributed by atoms with Crippen molar-refractivity contribution < 1.29 is 9.59 Å². The highest BCUT2D eigenvalue weighted by atomic mass is 16.2. The third-order valence-electron chi connectivity index (χ3n) is 2.31. The van der Waals surface area contributed by atoms with Gasteiger partial charge in [0.1, 0.15) is 0 Å². The first-order chi connectivity index (χ1) is 7.18. The lowest BCUT2D eigenvalue weighted by Gasteiger charge is -2.13. The molecule has 1 aromatic rings. The average Bonchev–Trinajstić information content (AvgIpc) is 2.58. The number of aromatic nitrogens is 1. The quantitative estimate of drug-likeness (QED) is 0.643. The van der Waals surface area contributed by atoms with Crippen molar-refractivity contribution in [2.45, 2.75) is 12.5 Å². The number of nitrogens with two attached hydrogens (primary N) is 1. The van der Waals surface area contributed by atoms with Gasteiger partial charge in [0.25, 0.3) is 5.91 Å². The Kier molecular flexibility index (Phi) is 2.47. The SMILES string of the molecule is NC1CC(=O)N(C(=O)c2cccnc2)C1. The minimum Gasteiger partial charge on any atom is -0.326 e. The molecule has 0 aliphatic carbocycles. The number of likely N-dealkylation sites (tertiary alicyclic amines) is 1. The molecule has 0 spiro atoms. The zero-order valence-electron chi connectivity index (χ0n) is 8.09. The smallest absolute Gasteiger partial charge is 0.262 e. The lowest BCUT2D eigenvalue weighted by atomic mass is 10.2. The van der Waals surface area contributed by atoms with Crippen molar-refractivity contribution in [2.75, 3.05) is 6.54 Å². The topological polar surface area (TPSA) is 76.3 Å². The Morgan fingerprint density at radius 3 is 2.93 bits per heavy atom. The first-order valence-corrected chi connectivity index (χ1v) is 4.69. The minimum atomic E-state index is -0.318. The fourth-order valence-corrected chi connectivity index (χ4v) is 1.58. The van der Waals surface area contributed by atoms with E-state index in [1.54, 1.807) is 18.3 Å². The summed E-state index contributed by atoms with van der Waals surface area (Å²) in [6, 6.07) is 3.05. The minimum absolute atomic E-state index is 0.212. The summed E-state index contributed by atoms with van der Waals surface area (Å²) in [5, 5.41) is 0. The van der Waals surface area contributed by atoms with Crippen LogP contribution in [0.5, 0.6) is 0 Å². The zero-order chi connectivity index (χ0) is 10.8. The zero-order valence-corrected chi connectivity index (χ0v) is 8.09. The van der Waals surface area contributed by atoms with Gasteiger partial charge in [-0.05, 0) is 12.1 Å². The number of nitrogens with zero attached hydrogens (tertiary/aromatic N) is 2. The van der Waals surface area contributed by atoms with Gasteiger partial charge < -0.3 is 5.73 Å². The van der Waals surface area contributed by atoms with Gasteiger partial charge in [-0.2, -0.15) is 0 Å². The van der Waals surface area contributed by atoms with Crippen molar-refractivity contribution in [3.8, 4) is 0 Å². The molecule has 5 heteroatoms. The second-order valence-electron chi connectivity index (χ2n) is 3.52. The van der Waals surface area contributed by atoms with E-state index in [0.717, 1.165) is 0 Å². The number of amides is 2. The van der Waals surface area contributed by atoms with Crippen LogP contribution in [0, 0.1) is 0 Å². The monoisotopic (exact) mass is 205 g/mol. The van der Waals surface area contributed by atoms with Gasteiger partial charge in [-0.3, -0.25) is 19.5 Å². The Labute approximate surface area is 86.9 Å². The van der Waals surface area contributed by atoms with Crippen LogP contribution in [0.1, 0.15) is 16.8 Å². The molecule has 1 atom stereocenters. The van der Waals surface area contributed by atoms with Gasteiger partial charge in [-0.15, -0.1) is 0 Å². The number of carbonyl (C=O) groups excluding carboxylic acids is 2. The number of hydrogen-bond acceptors (Lipinski definition) is 4. The average molecular weight is 205 g/mol. The molecule has 1 aliphatic heterocycles. The maximum Gasteiger partial charge on any atom is 0.262 e. The maximum atomic E-state index is 11.8. The van der Waals surface area contributed by atoms with Crippen LogP contribution >= 0.6 is 0 Å². The molecule has 2 amide bonds. The third-order valence-corrected chi connectivity index (χ3v) is 2.31. The molecule has 0 radical (unpaired) electrons. The van der Waals surface area contributed by atoms with E-state index >= 15 is 0 Å². The summed E-state index contributed by atoms with van der Waals surface area (Å²) in [5.41, 5.74) is 6.02. The Morgan fingerprint density at radius 2 is 2.40 bits per heavy atom. The Morgan fingerprint density at radius 1 is 1.60 bits per heavy atom. The summed E-state index contributed by atoms with van der Waals surface area (Å²) >= 11 is 0. The highest BCUT2D eigenvalue weighted by Crippen LogP contribution is 2.12. The first kappa shape index (κ1) is 9.79. The predicted molar refractivity (Wildman–Crippen MR) is 52.9 cm³/mol. The van der Waals surface area contributed by atoms with Crippen molar-refractivity contribution in [3.05, 3.63) is 30.1 Å².